The number of hydrogen-bond donors (Lipinski definition) is 1. The largest absolute Gasteiger partial charge is 0.370 e. The summed E-state index contributed by atoms with van der Waals surface area (Å²) in [6.07, 6.45) is 2.91. The molecule has 2 fully saturated rings. The monoisotopic (exact) mass is 424 g/mol. The van der Waals surface area contributed by atoms with Gasteiger partial charge in [-0.15, -0.1) is 0 Å². The van der Waals surface area contributed by atoms with Gasteiger partial charge in [0.25, 0.3) is 0 Å². The lowest BCUT2D eigenvalue weighted by Gasteiger charge is -2.28. The molecule has 0 spiro atoms. The number of nitrogens with one attached hydrogen (secondary N) is 1. The summed E-state index contributed by atoms with van der Waals surface area (Å²) in [6, 6.07) is 3.91. The SMILES string of the molecule is CCN(CC)c1ccc(S(=O)(=O)N2CCCCC2)cc1NC(=O)[C@H]1C[C@@H]1[N+](=O)[O-]. The summed E-state index contributed by atoms with van der Waals surface area (Å²) in [5.74, 6) is -1.11. The first-order chi connectivity index (χ1) is 13.8. The average Bonchev–Trinajstić information content (AvgIpc) is 3.52. The van der Waals surface area contributed by atoms with Crippen LogP contribution in [0.5, 0.6) is 0 Å². The van der Waals surface area contributed by atoms with Crippen LogP contribution in [0, 0.1) is 16.0 Å². The highest BCUT2D eigenvalue weighted by Gasteiger charge is 2.53. The number of rotatable bonds is 8. The van der Waals surface area contributed by atoms with E-state index in [2.05, 4.69) is 5.32 Å². The number of amides is 1. The van der Waals surface area contributed by atoms with Crippen molar-refractivity contribution in [1.82, 2.24) is 4.31 Å². The molecule has 1 saturated heterocycles. The van der Waals surface area contributed by atoms with E-state index < -0.39 is 32.8 Å². The first-order valence-corrected chi connectivity index (χ1v) is 11.6. The molecule has 160 valence electrons. The number of piperidine rings is 1. The van der Waals surface area contributed by atoms with Gasteiger partial charge in [0, 0.05) is 37.5 Å². The van der Waals surface area contributed by atoms with E-state index in [1.165, 1.54) is 10.4 Å². The van der Waals surface area contributed by atoms with Gasteiger partial charge in [-0.25, -0.2) is 8.42 Å². The Labute approximate surface area is 171 Å². The zero-order valence-corrected chi connectivity index (χ0v) is 17.7. The summed E-state index contributed by atoms with van der Waals surface area (Å²) in [5, 5.41) is 13.6. The van der Waals surface area contributed by atoms with Crippen LogP contribution >= 0.6 is 0 Å². The number of hydrogen-bond acceptors (Lipinski definition) is 6. The lowest BCUT2D eigenvalue weighted by molar-refractivity contribution is -0.497. The van der Waals surface area contributed by atoms with E-state index in [4.69, 9.17) is 0 Å². The Kier molecular flexibility index (Phi) is 6.42. The molecule has 1 aliphatic heterocycles. The van der Waals surface area contributed by atoms with Crippen LogP contribution in [0.2, 0.25) is 0 Å². The Hall–Kier alpha value is -2.20. The molecule has 2 atom stereocenters. The van der Waals surface area contributed by atoms with Gasteiger partial charge in [-0.3, -0.25) is 14.9 Å². The van der Waals surface area contributed by atoms with Crippen molar-refractivity contribution < 1.29 is 18.1 Å². The molecule has 1 aromatic carbocycles. The Morgan fingerprint density at radius 1 is 1.24 bits per heavy atom. The van der Waals surface area contributed by atoms with E-state index in [0.29, 0.717) is 37.6 Å². The fourth-order valence-corrected chi connectivity index (χ4v) is 5.34. The van der Waals surface area contributed by atoms with E-state index in [9.17, 15) is 23.3 Å². The zero-order valence-electron chi connectivity index (χ0n) is 16.8. The van der Waals surface area contributed by atoms with Crippen LogP contribution in [-0.4, -0.2) is 55.8 Å². The molecule has 2 aliphatic rings. The van der Waals surface area contributed by atoms with E-state index in [1.807, 2.05) is 18.7 Å². The molecule has 9 nitrogen and oxygen atoms in total. The second kappa shape index (κ2) is 8.66. The Morgan fingerprint density at radius 2 is 1.90 bits per heavy atom. The van der Waals surface area contributed by atoms with E-state index >= 15 is 0 Å². The van der Waals surface area contributed by atoms with Crippen LogP contribution in [-0.2, 0) is 14.8 Å². The second-order valence-electron chi connectivity index (χ2n) is 7.50. The molecule has 1 saturated carbocycles. The quantitative estimate of drug-likeness (QED) is 0.506. The summed E-state index contributed by atoms with van der Waals surface area (Å²) in [5.41, 5.74) is 1.09. The standard InChI is InChI=1S/C19H28N4O5S/c1-3-21(4-2)17-9-8-14(29(27,28)22-10-6-5-7-11-22)12-16(17)20-19(24)15-13-18(15)23(25)26/h8-9,12,15,18H,3-7,10-11,13H2,1-2H3,(H,20,24)/t15-,18-/m0/s1. The predicted octanol–water partition coefficient (Wildman–Crippen LogP) is 2.31. The van der Waals surface area contributed by atoms with E-state index in [-0.39, 0.29) is 11.3 Å². The maximum absolute atomic E-state index is 13.0. The van der Waals surface area contributed by atoms with Gasteiger partial charge in [-0.1, -0.05) is 6.42 Å². The second-order valence-corrected chi connectivity index (χ2v) is 9.44. The third kappa shape index (κ3) is 4.53. The fraction of sp³-hybridized carbons (Fsp3) is 0.632. The number of benzene rings is 1. The Bertz CT molecular complexity index is 879. The van der Waals surface area contributed by atoms with Crippen LogP contribution in [0.1, 0.15) is 39.5 Å². The predicted molar refractivity (Wildman–Crippen MR) is 110 cm³/mol. The number of nitro groups is 1. The molecule has 29 heavy (non-hydrogen) atoms. The van der Waals surface area contributed by atoms with E-state index in [0.717, 1.165) is 19.3 Å². The minimum Gasteiger partial charge on any atom is -0.370 e. The van der Waals surface area contributed by atoms with Crippen LogP contribution in [0.3, 0.4) is 0 Å². The molecule has 0 radical (unpaired) electrons. The highest BCUT2D eigenvalue weighted by Crippen LogP contribution is 2.36. The van der Waals surface area contributed by atoms with Gasteiger partial charge < -0.3 is 10.2 Å². The summed E-state index contributed by atoms with van der Waals surface area (Å²) >= 11 is 0. The maximum atomic E-state index is 13.0. The highest BCUT2D eigenvalue weighted by molar-refractivity contribution is 7.89. The lowest BCUT2D eigenvalue weighted by atomic mass is 10.2. The van der Waals surface area contributed by atoms with Crippen LogP contribution < -0.4 is 10.2 Å². The van der Waals surface area contributed by atoms with E-state index in [1.54, 1.807) is 12.1 Å². The summed E-state index contributed by atoms with van der Waals surface area (Å²) in [4.78, 5) is 25.1. The van der Waals surface area contributed by atoms with Crippen molar-refractivity contribution in [2.24, 2.45) is 5.92 Å². The molecule has 0 bridgehead atoms. The molecule has 1 aliphatic carbocycles. The fourth-order valence-electron chi connectivity index (χ4n) is 3.79. The van der Waals surface area contributed by atoms with Gasteiger partial charge in [0.2, 0.25) is 22.0 Å². The van der Waals surface area contributed by atoms with Crippen LogP contribution in [0.4, 0.5) is 11.4 Å². The molecular weight excluding hydrogens is 396 g/mol. The van der Waals surface area contributed by atoms with Crippen LogP contribution in [0.25, 0.3) is 0 Å². The first kappa shape index (κ1) is 21.5. The van der Waals surface area contributed by atoms with Crippen molar-refractivity contribution >= 4 is 27.3 Å². The van der Waals surface area contributed by atoms with Crippen molar-refractivity contribution in [3.63, 3.8) is 0 Å². The van der Waals surface area contributed by atoms with Crippen LogP contribution in [0.15, 0.2) is 23.1 Å². The Balaban J connectivity index is 1.91. The number of carbonyl (C=O) groups is 1. The number of sulfonamides is 1. The lowest BCUT2D eigenvalue weighted by Crippen LogP contribution is -2.35. The number of anilines is 2. The van der Waals surface area contributed by atoms with Crippen molar-refractivity contribution in [2.45, 2.75) is 50.5 Å². The molecule has 1 N–H and O–H groups in total. The van der Waals surface area contributed by atoms with Crippen molar-refractivity contribution in [3.05, 3.63) is 28.3 Å². The minimum absolute atomic E-state index is 0.132. The minimum atomic E-state index is -3.65. The molecule has 1 aromatic rings. The molecule has 3 rings (SSSR count). The Morgan fingerprint density at radius 3 is 2.45 bits per heavy atom. The molecule has 0 unspecified atom stereocenters. The third-order valence-electron chi connectivity index (χ3n) is 5.65. The number of nitrogens with zero attached hydrogens (tertiary/aromatic N) is 3. The number of carbonyl (C=O) groups excluding carboxylic acids is 1. The van der Waals surface area contributed by atoms with Crippen molar-refractivity contribution in [3.8, 4) is 0 Å². The van der Waals surface area contributed by atoms with Gasteiger partial charge in [0.15, 0.2) is 0 Å². The first-order valence-electron chi connectivity index (χ1n) is 10.1. The molecule has 1 heterocycles. The molecule has 0 aromatic heterocycles. The zero-order chi connectivity index (χ0) is 21.2. The summed E-state index contributed by atoms with van der Waals surface area (Å²) in [7, 11) is -3.65. The maximum Gasteiger partial charge on any atom is 0.243 e. The summed E-state index contributed by atoms with van der Waals surface area (Å²) in [6.45, 7) is 6.29. The van der Waals surface area contributed by atoms with Crippen molar-refractivity contribution in [1.29, 1.82) is 0 Å². The topological polar surface area (TPSA) is 113 Å². The van der Waals surface area contributed by atoms with Gasteiger partial charge in [-0.2, -0.15) is 4.31 Å². The van der Waals surface area contributed by atoms with Crippen molar-refractivity contribution in [2.75, 3.05) is 36.4 Å². The van der Waals surface area contributed by atoms with Gasteiger partial charge in [-0.05, 0) is 44.9 Å². The smallest absolute Gasteiger partial charge is 0.243 e. The highest BCUT2D eigenvalue weighted by atomic mass is 32.2. The van der Waals surface area contributed by atoms with Gasteiger partial charge in [0.05, 0.1) is 16.3 Å². The molecule has 10 heteroatoms. The van der Waals surface area contributed by atoms with Gasteiger partial charge in [0.1, 0.15) is 5.92 Å². The normalized spacial score (nSPS) is 22.1. The molecular formula is C19H28N4O5S. The summed E-state index contributed by atoms with van der Waals surface area (Å²) < 4.78 is 27.6. The molecule has 1 amide bonds. The third-order valence-corrected chi connectivity index (χ3v) is 7.54. The average molecular weight is 425 g/mol. The van der Waals surface area contributed by atoms with Gasteiger partial charge >= 0.3 is 0 Å².